The molecule has 4 rings (SSSR count). The largest absolute Gasteiger partial charge is 0.491 e. The zero-order chi connectivity index (χ0) is 24.3. The molecule has 1 aromatic heterocycles. The molecule has 0 saturated heterocycles. The summed E-state index contributed by atoms with van der Waals surface area (Å²) in [5.41, 5.74) is 3.48. The first-order valence-electron chi connectivity index (χ1n) is 10.6. The van der Waals surface area contributed by atoms with Crippen molar-refractivity contribution in [3.05, 3.63) is 66.0 Å². The van der Waals surface area contributed by atoms with Crippen molar-refractivity contribution >= 4 is 32.5 Å². The van der Waals surface area contributed by atoms with Gasteiger partial charge in [-0.15, -0.1) is 0 Å². The molecule has 34 heavy (non-hydrogen) atoms. The van der Waals surface area contributed by atoms with Crippen LogP contribution in [0.4, 0.5) is 5.69 Å². The third-order valence-corrected chi connectivity index (χ3v) is 7.25. The predicted octanol–water partition coefficient (Wildman–Crippen LogP) is 2.60. The lowest BCUT2D eigenvalue weighted by molar-refractivity contribution is -0.116. The number of carbonyl (C=O) groups excluding carboxylic acids is 1. The van der Waals surface area contributed by atoms with E-state index >= 15 is 0 Å². The number of imidazole rings is 1. The second kappa shape index (κ2) is 10.1. The standard InChI is InChI=1S/C23H25N3O6S2/c1-16-5-3-4-6-21(16)26-12-11-24-23(26)33(28)15-19(32-34(2,29)30)14-31-18-8-9-20-17(13-18)7-10-22(27)25-20/h3-6,8-9,11-13,19H,7,10,14-15H2,1-2H3,(H,25,27)/t19-,33?/m1/s1. The lowest BCUT2D eigenvalue weighted by Crippen LogP contribution is -2.31. The third-order valence-electron chi connectivity index (χ3n) is 5.24. The molecule has 9 nitrogen and oxygen atoms in total. The normalized spacial score (nSPS) is 15.3. The third kappa shape index (κ3) is 5.91. The van der Waals surface area contributed by atoms with Crippen molar-refractivity contribution in [2.45, 2.75) is 31.0 Å². The van der Waals surface area contributed by atoms with Crippen molar-refractivity contribution < 1.29 is 26.3 Å². The monoisotopic (exact) mass is 503 g/mol. The number of nitrogens with zero attached hydrogens (tertiary/aromatic N) is 2. The van der Waals surface area contributed by atoms with Gasteiger partial charge in [0.25, 0.3) is 10.1 Å². The van der Waals surface area contributed by atoms with E-state index in [2.05, 4.69) is 10.3 Å². The van der Waals surface area contributed by atoms with E-state index in [1.807, 2.05) is 31.2 Å². The number of hydrogen-bond donors (Lipinski definition) is 1. The van der Waals surface area contributed by atoms with Crippen molar-refractivity contribution in [2.24, 2.45) is 0 Å². The number of ether oxygens (including phenoxy) is 1. The van der Waals surface area contributed by atoms with Crippen molar-refractivity contribution in [3.8, 4) is 11.4 Å². The first kappa shape index (κ1) is 24.1. The molecule has 0 spiro atoms. The second-order valence-corrected chi connectivity index (χ2v) is 11.0. The maximum Gasteiger partial charge on any atom is 0.264 e. The van der Waals surface area contributed by atoms with Crippen molar-refractivity contribution in [2.75, 3.05) is 23.9 Å². The summed E-state index contributed by atoms with van der Waals surface area (Å²) in [7, 11) is -5.49. The highest BCUT2D eigenvalue weighted by molar-refractivity contribution is 7.86. The van der Waals surface area contributed by atoms with Crippen LogP contribution in [0.25, 0.3) is 5.69 Å². The van der Waals surface area contributed by atoms with Gasteiger partial charge in [-0.05, 0) is 48.7 Å². The van der Waals surface area contributed by atoms with Crippen LogP contribution in [-0.4, -0.2) is 52.8 Å². The van der Waals surface area contributed by atoms with Crippen molar-refractivity contribution in [3.63, 3.8) is 0 Å². The Balaban J connectivity index is 1.50. The molecule has 2 heterocycles. The summed E-state index contributed by atoms with van der Waals surface area (Å²) in [6, 6.07) is 12.8. The van der Waals surface area contributed by atoms with Gasteiger partial charge in [0, 0.05) is 24.5 Å². The Kier molecular flexibility index (Phi) is 7.15. The highest BCUT2D eigenvalue weighted by Crippen LogP contribution is 2.27. The molecule has 0 bridgehead atoms. The summed E-state index contributed by atoms with van der Waals surface area (Å²) in [4.78, 5) is 15.8. The molecule has 0 saturated carbocycles. The average molecular weight is 504 g/mol. The Hall–Kier alpha value is -3.02. The Morgan fingerprint density at radius 3 is 2.76 bits per heavy atom. The Labute approximate surface area is 200 Å². The molecule has 1 aliphatic rings. The second-order valence-electron chi connectivity index (χ2n) is 7.98. The van der Waals surface area contributed by atoms with Crippen LogP contribution in [0.5, 0.6) is 5.75 Å². The quantitative estimate of drug-likeness (QED) is 0.446. The summed E-state index contributed by atoms with van der Waals surface area (Å²) in [6.07, 6.45) is 4.20. The minimum Gasteiger partial charge on any atom is -0.491 e. The molecule has 11 heteroatoms. The van der Waals surface area contributed by atoms with E-state index in [1.54, 1.807) is 35.2 Å². The molecule has 180 valence electrons. The zero-order valence-corrected chi connectivity index (χ0v) is 20.4. The van der Waals surface area contributed by atoms with Crippen LogP contribution in [-0.2, 0) is 36.3 Å². The van der Waals surface area contributed by atoms with Gasteiger partial charge in [-0.25, -0.2) is 4.98 Å². The first-order chi connectivity index (χ1) is 16.2. The number of aromatic nitrogens is 2. The molecule has 0 radical (unpaired) electrons. The Morgan fingerprint density at radius 2 is 2.00 bits per heavy atom. The number of benzene rings is 2. The fourth-order valence-electron chi connectivity index (χ4n) is 3.71. The van der Waals surface area contributed by atoms with Crippen LogP contribution in [0.1, 0.15) is 17.5 Å². The SMILES string of the molecule is Cc1ccccc1-n1ccnc1S(=O)C[C@@H](COc1ccc2c(c1)CCC(=O)N2)OS(C)(=O)=O. The lowest BCUT2D eigenvalue weighted by atomic mass is 10.0. The summed E-state index contributed by atoms with van der Waals surface area (Å²) in [5, 5.41) is 3.09. The Morgan fingerprint density at radius 1 is 1.21 bits per heavy atom. The van der Waals surface area contributed by atoms with Gasteiger partial charge < -0.3 is 10.1 Å². The Bertz CT molecular complexity index is 1340. The van der Waals surface area contributed by atoms with Crippen molar-refractivity contribution in [1.29, 1.82) is 0 Å². The summed E-state index contributed by atoms with van der Waals surface area (Å²) in [6.45, 7) is 1.81. The number of hydrogen-bond acceptors (Lipinski definition) is 7. The molecule has 1 aliphatic heterocycles. The van der Waals surface area contributed by atoms with Gasteiger partial charge in [0.2, 0.25) is 11.1 Å². The average Bonchev–Trinajstić information content (AvgIpc) is 3.26. The molecular weight excluding hydrogens is 478 g/mol. The van der Waals surface area contributed by atoms with Crippen LogP contribution in [0.2, 0.25) is 0 Å². The predicted molar refractivity (Wildman–Crippen MR) is 128 cm³/mol. The van der Waals surface area contributed by atoms with E-state index in [-0.39, 0.29) is 18.3 Å². The number of rotatable bonds is 9. The highest BCUT2D eigenvalue weighted by Gasteiger charge is 2.24. The molecule has 0 fully saturated rings. The van der Waals surface area contributed by atoms with Crippen LogP contribution in [0.15, 0.2) is 60.0 Å². The van der Waals surface area contributed by atoms with E-state index in [0.717, 1.165) is 28.8 Å². The number of amides is 1. The van der Waals surface area contributed by atoms with E-state index < -0.39 is 27.0 Å². The molecule has 3 aromatic rings. The summed E-state index contributed by atoms with van der Waals surface area (Å²) < 4.78 is 49.6. The minimum atomic E-state index is -3.82. The van der Waals surface area contributed by atoms with Crippen LogP contribution >= 0.6 is 0 Å². The van der Waals surface area contributed by atoms with Gasteiger partial charge in [-0.3, -0.25) is 17.8 Å². The summed E-state index contributed by atoms with van der Waals surface area (Å²) in [5.74, 6) is 0.343. The molecule has 0 aliphatic carbocycles. The number of nitrogens with one attached hydrogen (secondary N) is 1. The minimum absolute atomic E-state index is 0.0330. The summed E-state index contributed by atoms with van der Waals surface area (Å²) >= 11 is 0. The van der Waals surface area contributed by atoms with Crippen molar-refractivity contribution in [1.82, 2.24) is 9.55 Å². The van der Waals surface area contributed by atoms with E-state index in [0.29, 0.717) is 23.7 Å². The lowest BCUT2D eigenvalue weighted by Gasteiger charge is -2.20. The maximum absolute atomic E-state index is 13.2. The highest BCUT2D eigenvalue weighted by atomic mass is 32.2. The van der Waals surface area contributed by atoms with Gasteiger partial charge in [0.05, 0.1) is 28.5 Å². The first-order valence-corrected chi connectivity index (χ1v) is 13.7. The van der Waals surface area contributed by atoms with Gasteiger partial charge in [0.1, 0.15) is 18.5 Å². The molecule has 2 atom stereocenters. The van der Waals surface area contributed by atoms with Gasteiger partial charge in [0.15, 0.2) is 0 Å². The molecule has 1 unspecified atom stereocenters. The molecular formula is C23H25N3O6S2. The van der Waals surface area contributed by atoms with E-state index in [9.17, 15) is 17.4 Å². The smallest absolute Gasteiger partial charge is 0.264 e. The van der Waals surface area contributed by atoms with Crippen LogP contribution in [0.3, 0.4) is 0 Å². The van der Waals surface area contributed by atoms with Crippen LogP contribution < -0.4 is 10.1 Å². The number of aryl methyl sites for hydroxylation is 2. The van der Waals surface area contributed by atoms with Crippen LogP contribution in [0, 0.1) is 6.92 Å². The zero-order valence-electron chi connectivity index (χ0n) is 18.8. The van der Waals surface area contributed by atoms with Gasteiger partial charge in [-0.2, -0.15) is 8.42 Å². The topological polar surface area (TPSA) is 117 Å². The van der Waals surface area contributed by atoms with Gasteiger partial charge in [-0.1, -0.05) is 18.2 Å². The van der Waals surface area contributed by atoms with E-state index in [4.69, 9.17) is 8.92 Å². The number of carbonyl (C=O) groups is 1. The fraction of sp³-hybridized carbons (Fsp3) is 0.304. The molecule has 1 N–H and O–H groups in total. The van der Waals surface area contributed by atoms with Gasteiger partial charge >= 0.3 is 0 Å². The maximum atomic E-state index is 13.2. The fourth-order valence-corrected chi connectivity index (χ4v) is 5.62. The van der Waals surface area contributed by atoms with E-state index in [1.165, 1.54) is 0 Å². The number of fused-ring (bicyclic) bond motifs is 1. The molecule has 1 amide bonds. The molecule has 2 aromatic carbocycles. The number of anilines is 1. The number of para-hydroxylation sites is 1.